The fourth-order valence-corrected chi connectivity index (χ4v) is 0.684. The zero-order chi connectivity index (χ0) is 10.6. The number of carboxylic acids is 3. The van der Waals surface area contributed by atoms with Crippen LogP contribution in [0.25, 0.3) is 0 Å². The maximum absolute atomic E-state index is 10.1. The van der Waals surface area contributed by atoms with Crippen molar-refractivity contribution in [3.63, 3.8) is 0 Å². The van der Waals surface area contributed by atoms with Crippen LogP contribution in [0, 0.1) is 0 Å². The maximum Gasteiger partial charge on any atom is 3.00 e. The molecule has 0 amide bonds. The fraction of sp³-hybridized carbons (Fsp3) is 0.500. The average molecular weight is 279 g/mol. The van der Waals surface area contributed by atoms with Gasteiger partial charge >= 0.3 is 32.7 Å². The molecule has 0 spiro atoms. The first-order valence-electron chi connectivity index (χ1n) is 3.11. The average Bonchev–Trinajstić information content (AvgIpc) is 1.82. The minimum atomic E-state index is -2.97. The molecule has 1 N–H and O–H groups in total. The summed E-state index contributed by atoms with van der Waals surface area (Å²) in [6.07, 6.45) is -2.72. The molecular formula is C6H5O7Y. The van der Waals surface area contributed by atoms with Crippen LogP contribution in [0.5, 0.6) is 0 Å². The zero-order valence-corrected chi connectivity index (χ0v) is 9.73. The van der Waals surface area contributed by atoms with Crippen LogP contribution in [0.2, 0.25) is 0 Å². The van der Waals surface area contributed by atoms with Crippen molar-refractivity contribution in [3.05, 3.63) is 0 Å². The molecule has 74 valence electrons. The number of carboxylic acid groups (broad SMARTS) is 3. The van der Waals surface area contributed by atoms with Gasteiger partial charge in [0.2, 0.25) is 0 Å². The second-order valence-electron chi connectivity index (χ2n) is 2.42. The quantitative estimate of drug-likeness (QED) is 0.530. The summed E-state index contributed by atoms with van der Waals surface area (Å²) < 4.78 is 0. The van der Waals surface area contributed by atoms with E-state index in [4.69, 9.17) is 5.11 Å². The Hall–Kier alpha value is -0.526. The number of aliphatic carboxylic acids is 3. The van der Waals surface area contributed by atoms with E-state index in [1.807, 2.05) is 0 Å². The van der Waals surface area contributed by atoms with Gasteiger partial charge in [-0.2, -0.15) is 0 Å². The number of hydrogen-bond donors (Lipinski definition) is 1. The van der Waals surface area contributed by atoms with E-state index in [0.717, 1.165) is 0 Å². The number of aliphatic hydroxyl groups is 1. The van der Waals surface area contributed by atoms with Crippen molar-refractivity contribution in [1.82, 2.24) is 0 Å². The Balaban J connectivity index is 0. The molecule has 0 rings (SSSR count). The Kier molecular flexibility index (Phi) is 6.88. The molecule has 0 radical (unpaired) electrons. The number of rotatable bonds is 5. The standard InChI is InChI=1S/C6H8O7.Y/c7-3(8)1-6(13,5(11)12)2-4(9)10;/h13H,1-2H2,(H,7,8)(H,9,10)(H,11,12);/q;+3/p-3/i;1+1. The third kappa shape index (κ3) is 5.26. The van der Waals surface area contributed by atoms with E-state index in [1.165, 1.54) is 0 Å². The predicted molar refractivity (Wildman–Crippen MR) is 29.2 cm³/mol. The van der Waals surface area contributed by atoms with Crippen LogP contribution in [0.4, 0.5) is 0 Å². The first-order valence-corrected chi connectivity index (χ1v) is 3.11. The van der Waals surface area contributed by atoms with Crippen molar-refractivity contribution in [2.45, 2.75) is 18.4 Å². The molecule has 14 heavy (non-hydrogen) atoms. The van der Waals surface area contributed by atoms with E-state index in [2.05, 4.69) is 0 Å². The van der Waals surface area contributed by atoms with Crippen molar-refractivity contribution in [3.8, 4) is 0 Å². The molecule has 0 aliphatic heterocycles. The number of carbonyl (C=O) groups is 3. The van der Waals surface area contributed by atoms with E-state index in [-0.39, 0.29) is 32.7 Å². The summed E-state index contributed by atoms with van der Waals surface area (Å²) in [7, 11) is 0. The van der Waals surface area contributed by atoms with E-state index < -0.39 is 36.4 Å². The maximum atomic E-state index is 10.1. The summed E-state index contributed by atoms with van der Waals surface area (Å²) >= 11 is 0. The topological polar surface area (TPSA) is 141 Å². The van der Waals surface area contributed by atoms with Crippen molar-refractivity contribution in [2.24, 2.45) is 0 Å². The zero-order valence-electron chi connectivity index (χ0n) is 6.89. The molecule has 0 aromatic carbocycles. The van der Waals surface area contributed by atoms with E-state index in [1.54, 1.807) is 0 Å². The molecule has 0 heterocycles. The van der Waals surface area contributed by atoms with Gasteiger partial charge in [0, 0.05) is 24.8 Å². The minimum absolute atomic E-state index is 0. The van der Waals surface area contributed by atoms with Gasteiger partial charge in [-0.1, -0.05) is 0 Å². The summed E-state index contributed by atoms with van der Waals surface area (Å²) in [5, 5.41) is 38.9. The molecule has 8 heteroatoms. The molecule has 0 bridgehead atoms. The molecule has 0 saturated heterocycles. The van der Waals surface area contributed by atoms with Crippen LogP contribution < -0.4 is 15.3 Å². The van der Waals surface area contributed by atoms with Crippen molar-refractivity contribution in [1.29, 1.82) is 0 Å². The smallest absolute Gasteiger partial charge is 0.550 e. The normalized spacial score (nSPS) is 10.1. The molecule has 0 atom stereocenters. The largest absolute Gasteiger partial charge is 3.00 e. The predicted octanol–water partition coefficient (Wildman–Crippen LogP) is -5.26. The Labute approximate surface area is 104 Å². The van der Waals surface area contributed by atoms with Crippen LogP contribution >= 0.6 is 0 Å². The van der Waals surface area contributed by atoms with Gasteiger partial charge in [0.1, 0.15) is 5.60 Å². The third-order valence-electron chi connectivity index (χ3n) is 1.25. The molecule has 0 saturated carbocycles. The van der Waals surface area contributed by atoms with Crippen molar-refractivity contribution < 1.29 is 67.5 Å². The van der Waals surface area contributed by atoms with Gasteiger partial charge in [0.05, 0.1) is 5.97 Å². The van der Waals surface area contributed by atoms with Gasteiger partial charge in [0.25, 0.3) is 0 Å². The Bertz CT molecular complexity index is 233. The first kappa shape index (κ1) is 15.9. The van der Waals surface area contributed by atoms with Crippen LogP contribution in [0.3, 0.4) is 0 Å². The van der Waals surface area contributed by atoms with Crippen molar-refractivity contribution >= 4 is 17.9 Å². The first-order chi connectivity index (χ1) is 5.78. The number of hydrogen-bond acceptors (Lipinski definition) is 7. The van der Waals surface area contributed by atoms with Crippen LogP contribution in [-0.2, 0) is 47.1 Å². The molecule has 0 aliphatic rings. The summed E-state index contributed by atoms with van der Waals surface area (Å²) in [5.74, 6) is -5.98. The minimum Gasteiger partial charge on any atom is -0.550 e. The fourth-order valence-electron chi connectivity index (χ4n) is 0.684. The second kappa shape index (κ2) is 6.05. The summed E-state index contributed by atoms with van der Waals surface area (Å²) in [4.78, 5) is 30.0. The molecular weight excluding hydrogens is 274 g/mol. The van der Waals surface area contributed by atoms with E-state index in [0.29, 0.717) is 0 Å². The van der Waals surface area contributed by atoms with E-state index >= 15 is 0 Å². The molecule has 0 aromatic rings. The Morgan fingerprint density at radius 1 is 1.00 bits per heavy atom. The Morgan fingerprint density at radius 3 is 1.43 bits per heavy atom. The van der Waals surface area contributed by atoms with Crippen LogP contribution in [-0.4, -0.2) is 28.6 Å². The molecule has 0 fully saturated rings. The second-order valence-corrected chi connectivity index (χ2v) is 2.42. The molecule has 7 nitrogen and oxygen atoms in total. The Morgan fingerprint density at radius 2 is 1.29 bits per heavy atom. The van der Waals surface area contributed by atoms with Gasteiger partial charge in [0.15, 0.2) is 0 Å². The summed E-state index contributed by atoms with van der Waals surface area (Å²) in [5.41, 5.74) is -2.97. The monoisotopic (exact) mass is 279 g/mol. The third-order valence-corrected chi connectivity index (χ3v) is 1.25. The van der Waals surface area contributed by atoms with Gasteiger partial charge in [-0.3, -0.25) is 0 Å². The van der Waals surface area contributed by atoms with Gasteiger partial charge in [-0.15, -0.1) is 0 Å². The number of carbonyl (C=O) groups excluding carboxylic acids is 3. The van der Waals surface area contributed by atoms with Crippen molar-refractivity contribution in [2.75, 3.05) is 0 Å². The summed E-state index contributed by atoms with van der Waals surface area (Å²) in [6.45, 7) is 0. The van der Waals surface area contributed by atoms with Gasteiger partial charge in [-0.25, -0.2) is 0 Å². The van der Waals surface area contributed by atoms with Crippen LogP contribution in [0.15, 0.2) is 0 Å². The van der Waals surface area contributed by atoms with Gasteiger partial charge < -0.3 is 34.8 Å². The van der Waals surface area contributed by atoms with Gasteiger partial charge in [-0.05, 0) is 0 Å². The molecule has 0 aromatic heterocycles. The summed E-state index contributed by atoms with van der Waals surface area (Å²) in [6, 6.07) is 0. The molecule has 0 aliphatic carbocycles. The SMILES string of the molecule is O=C([O-])CC(O)(CC(=O)[O-])C(=O)[O-].[90Y+3]. The molecule has 0 unspecified atom stereocenters. The van der Waals surface area contributed by atoms with Crippen LogP contribution in [0.1, 0.15) is 12.8 Å². The van der Waals surface area contributed by atoms with E-state index in [9.17, 15) is 29.7 Å².